The van der Waals surface area contributed by atoms with Gasteiger partial charge in [-0.05, 0) is 11.6 Å². The lowest BCUT2D eigenvalue weighted by Crippen LogP contribution is -2.15. The monoisotopic (exact) mass is 313 g/mol. The van der Waals surface area contributed by atoms with Crippen LogP contribution >= 0.6 is 0 Å². The van der Waals surface area contributed by atoms with Crippen LogP contribution in [0.3, 0.4) is 0 Å². The fourth-order valence-corrected chi connectivity index (χ4v) is 2.70. The van der Waals surface area contributed by atoms with E-state index in [1.807, 2.05) is 71.6 Å². The minimum atomic E-state index is -0.249. The van der Waals surface area contributed by atoms with Gasteiger partial charge in [-0.2, -0.15) is 4.98 Å². The molecule has 0 spiro atoms. The highest BCUT2D eigenvalue weighted by Crippen LogP contribution is 2.19. The molecule has 24 heavy (non-hydrogen) atoms. The van der Waals surface area contributed by atoms with Gasteiger partial charge in [-0.1, -0.05) is 60.7 Å². The zero-order valence-corrected chi connectivity index (χ0v) is 13.0. The molecule has 116 valence electrons. The fourth-order valence-electron chi connectivity index (χ4n) is 2.70. The van der Waals surface area contributed by atoms with Gasteiger partial charge in [0.15, 0.2) is 5.82 Å². The predicted molar refractivity (Wildman–Crippen MR) is 93.9 cm³/mol. The number of nitrogens with zero attached hydrogens (tertiary/aromatic N) is 3. The Bertz CT molecular complexity index is 994. The molecule has 0 bridgehead atoms. The number of hydrogen-bond donors (Lipinski definition) is 0. The summed E-state index contributed by atoms with van der Waals surface area (Å²) in [5.41, 5.74) is 2.97. The second kappa shape index (κ2) is 6.08. The number of aromatic nitrogens is 3. The SMILES string of the molecule is O=c1nc(-c2ccccc2)nc2ccn(Cc3ccccc3)cc1-2. The Labute approximate surface area is 139 Å². The Balaban J connectivity index is 1.75. The highest BCUT2D eigenvalue weighted by atomic mass is 16.1. The van der Waals surface area contributed by atoms with Crippen LogP contribution in [0.4, 0.5) is 0 Å². The Kier molecular flexibility index (Phi) is 3.63. The predicted octanol–water partition coefficient (Wildman–Crippen LogP) is 3.46. The number of benzene rings is 2. The molecular weight excluding hydrogens is 298 g/mol. The van der Waals surface area contributed by atoms with Crippen molar-refractivity contribution in [2.45, 2.75) is 6.54 Å². The number of hydrogen-bond acceptors (Lipinski definition) is 3. The molecule has 0 saturated carbocycles. The first-order valence-electron chi connectivity index (χ1n) is 7.77. The van der Waals surface area contributed by atoms with E-state index in [1.165, 1.54) is 5.56 Å². The first-order chi connectivity index (χ1) is 11.8. The van der Waals surface area contributed by atoms with E-state index in [9.17, 15) is 4.79 Å². The molecule has 2 aromatic carbocycles. The molecule has 2 heterocycles. The molecule has 4 nitrogen and oxygen atoms in total. The molecule has 0 aromatic heterocycles. The highest BCUT2D eigenvalue weighted by Gasteiger charge is 2.13. The van der Waals surface area contributed by atoms with Crippen LogP contribution in [-0.4, -0.2) is 14.5 Å². The van der Waals surface area contributed by atoms with E-state index in [0.717, 1.165) is 5.56 Å². The zero-order chi connectivity index (χ0) is 16.4. The molecule has 0 aliphatic carbocycles. The van der Waals surface area contributed by atoms with Crippen molar-refractivity contribution in [2.75, 3.05) is 0 Å². The number of fused-ring (bicyclic) bond motifs is 1. The van der Waals surface area contributed by atoms with Crippen molar-refractivity contribution in [3.63, 3.8) is 0 Å². The van der Waals surface area contributed by atoms with Crippen LogP contribution in [0.15, 0.2) is 83.9 Å². The van der Waals surface area contributed by atoms with Gasteiger partial charge in [-0.25, -0.2) is 4.98 Å². The molecule has 4 rings (SSSR count). The van der Waals surface area contributed by atoms with Crippen molar-refractivity contribution >= 4 is 0 Å². The first-order valence-corrected chi connectivity index (χ1v) is 7.77. The van der Waals surface area contributed by atoms with Gasteiger partial charge in [0.25, 0.3) is 5.56 Å². The molecule has 2 aliphatic heterocycles. The topological polar surface area (TPSA) is 47.8 Å². The molecule has 2 aliphatic rings. The van der Waals surface area contributed by atoms with Crippen LogP contribution in [0.2, 0.25) is 0 Å². The second-order valence-corrected chi connectivity index (χ2v) is 5.62. The molecule has 0 atom stereocenters. The third kappa shape index (κ3) is 2.82. The summed E-state index contributed by atoms with van der Waals surface area (Å²) in [7, 11) is 0. The van der Waals surface area contributed by atoms with Crippen LogP contribution in [0.5, 0.6) is 0 Å². The third-order valence-electron chi connectivity index (χ3n) is 3.90. The van der Waals surface area contributed by atoms with Crippen LogP contribution < -0.4 is 5.56 Å². The zero-order valence-electron chi connectivity index (χ0n) is 13.0. The first kappa shape index (κ1) is 14.3. The van der Waals surface area contributed by atoms with Gasteiger partial charge in [-0.3, -0.25) is 4.79 Å². The lowest BCUT2D eigenvalue weighted by atomic mass is 10.1. The van der Waals surface area contributed by atoms with Gasteiger partial charge in [0.1, 0.15) is 0 Å². The van der Waals surface area contributed by atoms with Gasteiger partial charge >= 0.3 is 0 Å². The van der Waals surface area contributed by atoms with Gasteiger partial charge in [0.2, 0.25) is 0 Å². The maximum atomic E-state index is 12.4. The number of pyridine rings is 1. The Morgan fingerprint density at radius 1 is 0.833 bits per heavy atom. The smallest absolute Gasteiger partial charge is 0.282 e. The number of rotatable bonds is 3. The summed E-state index contributed by atoms with van der Waals surface area (Å²) >= 11 is 0. The average Bonchev–Trinajstić information content (AvgIpc) is 2.64. The van der Waals surface area contributed by atoms with Crippen LogP contribution in [0.1, 0.15) is 5.56 Å². The van der Waals surface area contributed by atoms with Crippen LogP contribution in [0.25, 0.3) is 22.6 Å². The van der Waals surface area contributed by atoms with Gasteiger partial charge in [-0.15, -0.1) is 0 Å². The fraction of sp³-hybridized carbons (Fsp3) is 0.0500. The standard InChI is InChI=1S/C20H15N3O/c24-20-17-14-23(13-15-7-3-1-4-8-15)12-11-18(17)21-19(22-20)16-9-5-2-6-10-16/h1-12,14H,13H2. The second-order valence-electron chi connectivity index (χ2n) is 5.62. The molecule has 0 radical (unpaired) electrons. The van der Waals surface area contributed by atoms with Crippen molar-refractivity contribution in [1.29, 1.82) is 0 Å². The van der Waals surface area contributed by atoms with E-state index in [2.05, 4.69) is 22.1 Å². The molecule has 0 fully saturated rings. The van der Waals surface area contributed by atoms with E-state index in [1.54, 1.807) is 0 Å². The Morgan fingerprint density at radius 2 is 1.54 bits per heavy atom. The van der Waals surface area contributed by atoms with E-state index < -0.39 is 0 Å². The minimum Gasteiger partial charge on any atom is -0.349 e. The lowest BCUT2D eigenvalue weighted by Gasteiger charge is -2.11. The molecule has 2 aromatic rings. The maximum Gasteiger partial charge on any atom is 0.282 e. The van der Waals surface area contributed by atoms with Crippen LogP contribution in [0, 0.1) is 0 Å². The lowest BCUT2D eigenvalue weighted by molar-refractivity contribution is 0.788. The van der Waals surface area contributed by atoms with Crippen molar-refractivity contribution in [3.8, 4) is 22.6 Å². The maximum absolute atomic E-state index is 12.4. The van der Waals surface area contributed by atoms with Gasteiger partial charge in [0.05, 0.1) is 11.3 Å². The summed E-state index contributed by atoms with van der Waals surface area (Å²) in [6.07, 6.45) is 3.76. The Hall–Kier alpha value is -3.27. The third-order valence-corrected chi connectivity index (χ3v) is 3.90. The summed E-state index contributed by atoms with van der Waals surface area (Å²) in [6, 6.07) is 21.5. The normalized spacial score (nSPS) is 10.8. The van der Waals surface area contributed by atoms with E-state index in [-0.39, 0.29) is 5.56 Å². The molecular formula is C20H15N3O. The van der Waals surface area contributed by atoms with E-state index >= 15 is 0 Å². The van der Waals surface area contributed by atoms with E-state index in [4.69, 9.17) is 0 Å². The molecule has 0 saturated heterocycles. The Morgan fingerprint density at radius 3 is 2.29 bits per heavy atom. The van der Waals surface area contributed by atoms with Crippen molar-refractivity contribution < 1.29 is 0 Å². The summed E-state index contributed by atoms with van der Waals surface area (Å²) in [4.78, 5) is 21.1. The minimum absolute atomic E-state index is 0.249. The van der Waals surface area contributed by atoms with Crippen LogP contribution in [-0.2, 0) is 6.54 Å². The molecule has 0 N–H and O–H groups in total. The van der Waals surface area contributed by atoms with E-state index in [0.29, 0.717) is 23.6 Å². The molecule has 4 heteroatoms. The molecule has 0 amide bonds. The van der Waals surface area contributed by atoms with Crippen molar-refractivity contribution in [1.82, 2.24) is 14.5 Å². The van der Waals surface area contributed by atoms with Crippen molar-refractivity contribution in [2.24, 2.45) is 0 Å². The quantitative estimate of drug-likeness (QED) is 0.582. The van der Waals surface area contributed by atoms with Gasteiger partial charge < -0.3 is 4.57 Å². The average molecular weight is 313 g/mol. The van der Waals surface area contributed by atoms with Crippen molar-refractivity contribution in [3.05, 3.63) is 95.0 Å². The molecule has 0 unspecified atom stereocenters. The summed E-state index contributed by atoms with van der Waals surface area (Å²) in [6.45, 7) is 0.705. The summed E-state index contributed by atoms with van der Waals surface area (Å²) in [5, 5.41) is 0. The van der Waals surface area contributed by atoms with Gasteiger partial charge in [0, 0.05) is 24.5 Å². The highest BCUT2D eigenvalue weighted by molar-refractivity contribution is 5.63. The summed E-state index contributed by atoms with van der Waals surface area (Å²) < 4.78 is 1.98. The summed E-state index contributed by atoms with van der Waals surface area (Å²) in [5.74, 6) is 0.467. The largest absolute Gasteiger partial charge is 0.349 e.